The van der Waals surface area contributed by atoms with Gasteiger partial charge in [0.15, 0.2) is 11.5 Å². The van der Waals surface area contributed by atoms with Gasteiger partial charge in [-0.1, -0.05) is 42.5 Å². The lowest BCUT2D eigenvalue weighted by Crippen LogP contribution is -2.17. The Bertz CT molecular complexity index is 1220. The number of nitrogen functional groups attached to an aromatic ring is 1. The topological polar surface area (TPSA) is 101 Å². The number of aromatic nitrogens is 3. The molecule has 162 valence electrons. The number of rotatable bonds is 6. The summed E-state index contributed by atoms with van der Waals surface area (Å²) in [5, 5.41) is 4.45. The third kappa shape index (κ3) is 4.11. The van der Waals surface area contributed by atoms with Crippen molar-refractivity contribution in [3.05, 3.63) is 78.5 Å². The van der Waals surface area contributed by atoms with Crippen LogP contribution in [0.15, 0.2) is 72.9 Å². The van der Waals surface area contributed by atoms with Crippen LogP contribution in [0.3, 0.4) is 0 Å². The molecule has 0 atom stereocenters. The third-order valence-electron chi connectivity index (χ3n) is 4.88. The summed E-state index contributed by atoms with van der Waals surface area (Å²) in [7, 11) is 3.11. The third-order valence-corrected chi connectivity index (χ3v) is 4.88. The Kier molecular flexibility index (Phi) is 6.03. The second-order valence-electron chi connectivity index (χ2n) is 6.85. The lowest BCUT2D eigenvalue weighted by Gasteiger charge is -2.10. The average molecular weight is 430 g/mol. The van der Waals surface area contributed by atoms with Gasteiger partial charge >= 0.3 is 6.09 Å². The van der Waals surface area contributed by atoms with Crippen LogP contribution < -0.4 is 15.2 Å². The fourth-order valence-corrected chi connectivity index (χ4v) is 3.31. The minimum absolute atomic E-state index is 0.101. The Morgan fingerprint density at radius 3 is 2.41 bits per heavy atom. The van der Waals surface area contributed by atoms with E-state index in [0.29, 0.717) is 34.0 Å². The van der Waals surface area contributed by atoms with E-state index in [9.17, 15) is 4.79 Å². The van der Waals surface area contributed by atoms with Gasteiger partial charge < -0.3 is 19.9 Å². The Labute approximate surface area is 185 Å². The van der Waals surface area contributed by atoms with Crippen LogP contribution in [0.4, 0.5) is 10.6 Å². The molecule has 4 rings (SSSR count). The summed E-state index contributed by atoms with van der Waals surface area (Å²) in [5.41, 5.74) is 9.52. The van der Waals surface area contributed by atoms with Crippen molar-refractivity contribution in [2.75, 3.05) is 20.0 Å². The number of ether oxygens (including phenoxy) is 3. The molecule has 0 unspecified atom stereocenters. The van der Waals surface area contributed by atoms with Crippen LogP contribution in [-0.2, 0) is 11.3 Å². The largest absolute Gasteiger partial charge is 0.493 e. The molecule has 2 aromatic heterocycles. The standard InChI is InChI=1S/C24H22N4O4/c1-30-19-12-11-17(14-20(19)31-2)21-22(18-10-6-7-13-26-18)27-28(23(21)25)24(29)32-15-16-8-4-3-5-9-16/h3-14H,15,25H2,1-2H3. The Balaban J connectivity index is 1.77. The van der Waals surface area contributed by atoms with Gasteiger partial charge in [0.25, 0.3) is 0 Å². The summed E-state index contributed by atoms with van der Waals surface area (Å²) in [6, 6.07) is 20.2. The van der Waals surface area contributed by atoms with Crippen molar-refractivity contribution in [2.45, 2.75) is 6.61 Å². The predicted molar refractivity (Wildman–Crippen MR) is 120 cm³/mol. The molecule has 0 amide bonds. The van der Waals surface area contributed by atoms with Crippen molar-refractivity contribution in [3.63, 3.8) is 0 Å². The quantitative estimate of drug-likeness (QED) is 0.484. The van der Waals surface area contributed by atoms with E-state index in [1.165, 1.54) is 0 Å². The Morgan fingerprint density at radius 2 is 1.72 bits per heavy atom. The lowest BCUT2D eigenvalue weighted by molar-refractivity contribution is 0.138. The molecular weight excluding hydrogens is 408 g/mol. The van der Waals surface area contributed by atoms with Crippen LogP contribution in [0.25, 0.3) is 22.5 Å². The van der Waals surface area contributed by atoms with Crippen LogP contribution in [0.2, 0.25) is 0 Å². The van der Waals surface area contributed by atoms with E-state index in [0.717, 1.165) is 10.2 Å². The van der Waals surface area contributed by atoms with E-state index in [2.05, 4.69) is 10.1 Å². The van der Waals surface area contributed by atoms with Gasteiger partial charge in [-0.15, -0.1) is 4.68 Å². The van der Waals surface area contributed by atoms with Crippen LogP contribution in [-0.4, -0.2) is 35.1 Å². The fourth-order valence-electron chi connectivity index (χ4n) is 3.31. The van der Waals surface area contributed by atoms with Crippen molar-refractivity contribution < 1.29 is 19.0 Å². The number of benzene rings is 2. The number of carbonyl (C=O) groups excluding carboxylic acids is 1. The number of hydrogen-bond donors (Lipinski definition) is 1. The highest BCUT2D eigenvalue weighted by molar-refractivity contribution is 5.91. The first-order chi connectivity index (χ1) is 15.6. The Hall–Kier alpha value is -4.33. The molecule has 32 heavy (non-hydrogen) atoms. The molecule has 8 heteroatoms. The maximum absolute atomic E-state index is 12.8. The first-order valence-electron chi connectivity index (χ1n) is 9.85. The van der Waals surface area contributed by atoms with Crippen molar-refractivity contribution in [1.29, 1.82) is 0 Å². The van der Waals surface area contributed by atoms with E-state index in [1.54, 1.807) is 44.7 Å². The number of nitrogens with two attached hydrogens (primary N) is 1. The zero-order chi connectivity index (χ0) is 22.5. The molecule has 0 saturated carbocycles. The second kappa shape index (κ2) is 9.22. The van der Waals surface area contributed by atoms with Gasteiger partial charge in [-0.2, -0.15) is 5.10 Å². The van der Waals surface area contributed by atoms with Gasteiger partial charge in [-0.25, -0.2) is 4.79 Å². The zero-order valence-electron chi connectivity index (χ0n) is 17.7. The summed E-state index contributed by atoms with van der Waals surface area (Å²) in [6.45, 7) is 0.101. The molecule has 0 bridgehead atoms. The summed E-state index contributed by atoms with van der Waals surface area (Å²) >= 11 is 0. The van der Waals surface area contributed by atoms with Crippen LogP contribution in [0.5, 0.6) is 11.5 Å². The summed E-state index contributed by atoms with van der Waals surface area (Å²) in [4.78, 5) is 17.2. The average Bonchev–Trinajstić information content (AvgIpc) is 3.20. The van der Waals surface area contributed by atoms with Crippen molar-refractivity contribution in [2.24, 2.45) is 0 Å². The summed E-state index contributed by atoms with van der Waals surface area (Å²) in [5.74, 6) is 1.23. The van der Waals surface area contributed by atoms with Gasteiger partial charge in [0.1, 0.15) is 18.1 Å². The van der Waals surface area contributed by atoms with E-state index in [-0.39, 0.29) is 12.4 Å². The van der Waals surface area contributed by atoms with Crippen LogP contribution in [0.1, 0.15) is 5.56 Å². The highest BCUT2D eigenvalue weighted by Crippen LogP contribution is 2.39. The maximum atomic E-state index is 12.8. The smallest absolute Gasteiger partial charge is 0.436 e. The normalized spacial score (nSPS) is 10.6. The second-order valence-corrected chi connectivity index (χ2v) is 6.85. The van der Waals surface area contributed by atoms with Crippen LogP contribution >= 0.6 is 0 Å². The molecule has 2 aromatic carbocycles. The van der Waals surface area contributed by atoms with Crippen LogP contribution in [0, 0.1) is 0 Å². The molecule has 2 heterocycles. The number of methoxy groups -OCH3 is 2. The number of hydrogen-bond acceptors (Lipinski definition) is 7. The molecule has 2 N–H and O–H groups in total. The molecule has 0 aliphatic heterocycles. The predicted octanol–water partition coefficient (Wildman–Crippen LogP) is 4.40. The molecule has 0 saturated heterocycles. The first-order valence-corrected chi connectivity index (χ1v) is 9.85. The molecule has 0 aliphatic rings. The monoisotopic (exact) mass is 430 g/mol. The SMILES string of the molecule is COc1ccc(-c2c(-c3ccccn3)nn(C(=O)OCc3ccccc3)c2N)cc1OC. The van der Waals surface area contributed by atoms with Crippen molar-refractivity contribution >= 4 is 11.9 Å². The fraction of sp³-hybridized carbons (Fsp3) is 0.125. The molecular formula is C24H22N4O4. The van der Waals surface area contributed by atoms with E-state index in [1.807, 2.05) is 42.5 Å². The number of pyridine rings is 1. The van der Waals surface area contributed by atoms with Gasteiger partial charge in [-0.3, -0.25) is 4.98 Å². The van der Waals surface area contributed by atoms with Gasteiger partial charge in [0.05, 0.1) is 25.5 Å². The van der Waals surface area contributed by atoms with Gasteiger partial charge in [-0.05, 0) is 35.4 Å². The van der Waals surface area contributed by atoms with E-state index < -0.39 is 6.09 Å². The minimum Gasteiger partial charge on any atom is -0.493 e. The summed E-state index contributed by atoms with van der Waals surface area (Å²) < 4.78 is 17.2. The maximum Gasteiger partial charge on any atom is 0.436 e. The zero-order valence-corrected chi connectivity index (χ0v) is 17.7. The molecule has 4 aromatic rings. The first kappa shape index (κ1) is 20.9. The van der Waals surface area contributed by atoms with Crippen molar-refractivity contribution in [1.82, 2.24) is 14.8 Å². The highest BCUT2D eigenvalue weighted by atomic mass is 16.6. The molecule has 0 aliphatic carbocycles. The van der Waals surface area contributed by atoms with Gasteiger partial charge in [0.2, 0.25) is 0 Å². The molecule has 0 fully saturated rings. The van der Waals surface area contributed by atoms with E-state index in [4.69, 9.17) is 19.9 Å². The number of carbonyl (C=O) groups is 1. The lowest BCUT2D eigenvalue weighted by atomic mass is 10.0. The molecule has 0 spiro atoms. The highest BCUT2D eigenvalue weighted by Gasteiger charge is 2.24. The molecule has 8 nitrogen and oxygen atoms in total. The Morgan fingerprint density at radius 1 is 0.969 bits per heavy atom. The number of nitrogens with zero attached hydrogens (tertiary/aromatic N) is 3. The van der Waals surface area contributed by atoms with Crippen molar-refractivity contribution in [3.8, 4) is 34.0 Å². The molecule has 0 radical (unpaired) electrons. The van der Waals surface area contributed by atoms with Gasteiger partial charge in [0, 0.05) is 6.20 Å². The minimum atomic E-state index is -0.685. The number of anilines is 1. The summed E-state index contributed by atoms with van der Waals surface area (Å²) in [6.07, 6.45) is 0.965. The van der Waals surface area contributed by atoms with E-state index >= 15 is 0 Å².